The molecule has 0 saturated carbocycles. The molecule has 3 aromatic carbocycles. The predicted molar refractivity (Wildman–Crippen MR) is 156 cm³/mol. The minimum Gasteiger partial charge on any atom is -0.452 e. The summed E-state index contributed by atoms with van der Waals surface area (Å²) in [7, 11) is 0. The zero-order valence-electron chi connectivity index (χ0n) is 18.4. The molecule has 0 fully saturated rings. The van der Waals surface area contributed by atoms with Gasteiger partial charge in [0.05, 0.1) is 21.5 Å². The molecular weight excluding hydrogens is 801 g/mol. The summed E-state index contributed by atoms with van der Waals surface area (Å²) in [5.74, 6) is -3.03. The van der Waals surface area contributed by atoms with Gasteiger partial charge < -0.3 is 9.15 Å². The summed E-state index contributed by atoms with van der Waals surface area (Å²) < 4.78 is 13.1. The van der Waals surface area contributed by atoms with Gasteiger partial charge >= 0.3 is 5.97 Å². The van der Waals surface area contributed by atoms with Crippen molar-refractivity contribution >= 4 is 116 Å². The molecule has 0 radical (unpaired) electrons. The number of carbonyl (C=O) groups excluding carboxylic acids is 3. The van der Waals surface area contributed by atoms with E-state index in [9.17, 15) is 19.2 Å². The molecule has 192 valence electrons. The normalized spacial score (nSPS) is 12.8. The van der Waals surface area contributed by atoms with E-state index in [-0.39, 0.29) is 37.9 Å². The number of benzene rings is 3. The Morgan fingerprint density at radius 1 is 0.868 bits per heavy atom. The van der Waals surface area contributed by atoms with Gasteiger partial charge in [-0.2, -0.15) is 0 Å². The number of esters is 1. The minimum atomic E-state index is -1.05. The molecule has 1 aromatic heterocycles. The lowest BCUT2D eigenvalue weighted by atomic mass is 10.1. The van der Waals surface area contributed by atoms with Gasteiger partial charge in [0.25, 0.3) is 11.8 Å². The Kier molecular flexibility index (Phi) is 7.62. The van der Waals surface area contributed by atoms with Crippen molar-refractivity contribution in [2.24, 2.45) is 0 Å². The Hall–Kier alpha value is -2.02. The maximum atomic E-state index is 13.4. The molecule has 13 heteroatoms. The number of amides is 2. The van der Waals surface area contributed by atoms with Crippen LogP contribution in [0.25, 0.3) is 22.3 Å². The highest BCUT2D eigenvalue weighted by atomic mass is 79.9. The van der Waals surface area contributed by atoms with E-state index in [0.29, 0.717) is 23.5 Å². The molecule has 0 aliphatic carbocycles. The summed E-state index contributed by atoms with van der Waals surface area (Å²) in [4.78, 5) is 53.5. The molecule has 1 aliphatic rings. The lowest BCUT2D eigenvalue weighted by Gasteiger charge is -2.15. The largest absolute Gasteiger partial charge is 0.452 e. The zero-order chi connectivity index (χ0) is 27.5. The topological polar surface area (TPSA) is 93.9 Å². The van der Waals surface area contributed by atoms with Crippen LogP contribution in [0.2, 0.25) is 10.0 Å². The first kappa shape index (κ1) is 27.5. The summed E-state index contributed by atoms with van der Waals surface area (Å²) in [5.41, 5.74) is -0.0463. The van der Waals surface area contributed by atoms with Crippen molar-refractivity contribution in [2.75, 3.05) is 6.54 Å². The van der Waals surface area contributed by atoms with Crippen LogP contribution in [-0.2, 0) is 4.79 Å². The number of carbonyl (C=O) groups is 3. The van der Waals surface area contributed by atoms with Crippen LogP contribution < -0.4 is 10.2 Å². The second kappa shape index (κ2) is 10.5. The molecule has 5 rings (SSSR count). The van der Waals surface area contributed by atoms with E-state index < -0.39 is 35.5 Å². The molecule has 0 N–H and O–H groups in total. The summed E-state index contributed by atoms with van der Waals surface area (Å²) >= 11 is 25.8. The Labute approximate surface area is 257 Å². The Morgan fingerprint density at radius 3 is 2.08 bits per heavy atom. The van der Waals surface area contributed by atoms with E-state index >= 15 is 0 Å². The van der Waals surface area contributed by atoms with Crippen LogP contribution in [0.4, 0.5) is 0 Å². The van der Waals surface area contributed by atoms with Crippen LogP contribution in [0.5, 0.6) is 5.75 Å². The van der Waals surface area contributed by atoms with Gasteiger partial charge in [-0.05, 0) is 94.1 Å². The highest BCUT2D eigenvalue weighted by Crippen LogP contribution is 2.45. The fourth-order valence-corrected chi connectivity index (χ4v) is 6.73. The number of hydrogen-bond acceptors (Lipinski definition) is 6. The number of halogens is 6. The Morgan fingerprint density at radius 2 is 1.47 bits per heavy atom. The first-order valence-electron chi connectivity index (χ1n) is 10.4. The average molecular weight is 810 g/mol. The van der Waals surface area contributed by atoms with Crippen molar-refractivity contribution in [3.8, 4) is 17.1 Å². The summed E-state index contributed by atoms with van der Waals surface area (Å²) in [6, 6.07) is 11.0. The van der Waals surface area contributed by atoms with Crippen molar-refractivity contribution in [3.63, 3.8) is 0 Å². The second-order valence-corrected chi connectivity index (χ2v) is 11.9. The molecule has 38 heavy (non-hydrogen) atoms. The number of hydrogen-bond donors (Lipinski definition) is 0. The molecule has 2 amide bonds. The Bertz CT molecular complexity index is 1740. The van der Waals surface area contributed by atoms with Gasteiger partial charge in [-0.25, -0.2) is 4.79 Å². The van der Waals surface area contributed by atoms with Gasteiger partial charge in [-0.15, -0.1) is 0 Å². The van der Waals surface area contributed by atoms with E-state index in [1.54, 1.807) is 30.3 Å². The molecule has 0 spiro atoms. The van der Waals surface area contributed by atoms with Gasteiger partial charge in [-0.3, -0.25) is 19.3 Å². The van der Waals surface area contributed by atoms with Crippen molar-refractivity contribution in [1.29, 1.82) is 0 Å². The highest BCUT2D eigenvalue weighted by molar-refractivity contribution is 9.15. The molecule has 7 nitrogen and oxygen atoms in total. The van der Waals surface area contributed by atoms with Gasteiger partial charge in [0, 0.05) is 28.5 Å². The first-order valence-corrected chi connectivity index (χ1v) is 14.4. The van der Waals surface area contributed by atoms with E-state index in [4.69, 9.17) is 32.4 Å². The first-order chi connectivity index (χ1) is 18.0. The molecule has 0 saturated heterocycles. The van der Waals surface area contributed by atoms with E-state index in [0.717, 1.165) is 4.90 Å². The predicted octanol–water partition coefficient (Wildman–Crippen LogP) is 8.02. The average Bonchev–Trinajstić information content (AvgIpc) is 3.13. The monoisotopic (exact) mass is 805 g/mol. The third-order valence-electron chi connectivity index (χ3n) is 5.62. The maximum Gasteiger partial charge on any atom is 0.331 e. The molecule has 0 bridgehead atoms. The lowest BCUT2D eigenvalue weighted by Crippen LogP contribution is -2.37. The third kappa shape index (κ3) is 4.56. The fraction of sp³-hybridized carbons (Fsp3) is 0.0400. The van der Waals surface area contributed by atoms with Crippen LogP contribution in [0.1, 0.15) is 20.7 Å². The number of imide groups is 1. The molecule has 0 unspecified atom stereocenters. The highest BCUT2D eigenvalue weighted by Gasteiger charge is 2.42. The van der Waals surface area contributed by atoms with Crippen molar-refractivity contribution in [1.82, 2.24) is 4.90 Å². The van der Waals surface area contributed by atoms with E-state index in [1.807, 2.05) is 0 Å². The number of rotatable bonds is 4. The number of fused-ring (bicyclic) bond motifs is 2. The molecule has 0 atom stereocenters. The molecule has 4 aromatic rings. The van der Waals surface area contributed by atoms with Crippen LogP contribution >= 0.6 is 86.9 Å². The summed E-state index contributed by atoms with van der Waals surface area (Å²) in [5, 5.41) is 0.582. The zero-order valence-corrected chi connectivity index (χ0v) is 26.3. The van der Waals surface area contributed by atoms with Crippen LogP contribution in [-0.4, -0.2) is 29.2 Å². The van der Waals surface area contributed by atoms with Crippen molar-refractivity contribution in [2.45, 2.75) is 0 Å². The molecule has 2 heterocycles. The van der Waals surface area contributed by atoms with Gasteiger partial charge in [-0.1, -0.05) is 35.3 Å². The Balaban J connectivity index is 1.55. The number of nitrogens with zero attached hydrogens (tertiary/aromatic N) is 1. The quantitative estimate of drug-likeness (QED) is 0.0898. The standard InChI is InChI=1S/C25H9Br4Cl2NO6/c26-17-15-16(18(27)20(29)19(17)28)25(36)32(24(15)35)8-14(33)38-23-21(34)11-7-9(30)5-6-13(11)37-22(23)10-3-1-2-4-12(10)31/h1-7H,8H2. The van der Waals surface area contributed by atoms with Crippen LogP contribution in [0, 0.1) is 0 Å². The second-order valence-electron chi connectivity index (χ2n) is 7.89. The molecule has 1 aliphatic heterocycles. The van der Waals surface area contributed by atoms with E-state index in [2.05, 4.69) is 63.7 Å². The van der Waals surface area contributed by atoms with Gasteiger partial charge in [0.2, 0.25) is 11.2 Å². The van der Waals surface area contributed by atoms with Crippen molar-refractivity contribution in [3.05, 3.63) is 91.8 Å². The lowest BCUT2D eigenvalue weighted by molar-refractivity contribution is -0.134. The fourth-order valence-electron chi connectivity index (χ4n) is 3.88. The SMILES string of the molecule is O=C(CN1C(=O)c2c(Br)c(Br)c(Br)c(Br)c2C1=O)Oc1c(-c2ccccc2Cl)oc2ccc(Cl)cc2c1=O. The smallest absolute Gasteiger partial charge is 0.331 e. The summed E-state index contributed by atoms with van der Waals surface area (Å²) in [6.07, 6.45) is 0. The van der Waals surface area contributed by atoms with E-state index in [1.165, 1.54) is 12.1 Å². The minimum absolute atomic E-state index is 0.0689. The maximum absolute atomic E-state index is 13.4. The summed E-state index contributed by atoms with van der Waals surface area (Å²) in [6.45, 7) is -0.768. The molecular formula is C25H9Br4Cl2NO6. The third-order valence-corrected chi connectivity index (χ3v) is 11.0. The van der Waals surface area contributed by atoms with Gasteiger partial charge in [0.1, 0.15) is 12.1 Å². The van der Waals surface area contributed by atoms with Gasteiger partial charge in [0.15, 0.2) is 5.76 Å². The number of ether oxygens (including phenoxy) is 1. The van der Waals surface area contributed by atoms with Crippen molar-refractivity contribution < 1.29 is 23.5 Å². The van der Waals surface area contributed by atoms with Crippen LogP contribution in [0.3, 0.4) is 0 Å². The van der Waals surface area contributed by atoms with Crippen LogP contribution in [0.15, 0.2) is 69.6 Å².